The Kier molecular flexibility index (Phi) is 3.89. The van der Waals surface area contributed by atoms with E-state index in [0.717, 1.165) is 11.5 Å². The number of nitrogens with one attached hydrogen (secondary N) is 1. The van der Waals surface area contributed by atoms with Crippen molar-refractivity contribution in [1.82, 2.24) is 9.97 Å². The summed E-state index contributed by atoms with van der Waals surface area (Å²) < 4.78 is 0. The van der Waals surface area contributed by atoms with Gasteiger partial charge in [-0.15, -0.1) is 0 Å². The third-order valence-corrected chi connectivity index (χ3v) is 2.68. The number of anilines is 3. The van der Waals surface area contributed by atoms with E-state index < -0.39 is 0 Å². The summed E-state index contributed by atoms with van der Waals surface area (Å²) in [5.74, 6) is 1.51. The van der Waals surface area contributed by atoms with Crippen molar-refractivity contribution in [2.75, 3.05) is 24.3 Å². The summed E-state index contributed by atoms with van der Waals surface area (Å²) in [4.78, 5) is 10.2. The second-order valence-corrected chi connectivity index (χ2v) is 4.81. The number of hydrogen-bond acceptors (Lipinski definition) is 4. The van der Waals surface area contributed by atoms with Gasteiger partial charge < -0.3 is 10.2 Å². The third-order valence-electron chi connectivity index (χ3n) is 2.25. The van der Waals surface area contributed by atoms with Gasteiger partial charge in [0.15, 0.2) is 0 Å². The maximum Gasteiger partial charge on any atom is 0.135 e. The molecular weight excluding hydrogens is 271 g/mol. The Morgan fingerprint density at radius 3 is 2.28 bits per heavy atom. The average Bonchev–Trinajstić information content (AvgIpc) is 2.27. The quantitative estimate of drug-likeness (QED) is 0.934. The van der Waals surface area contributed by atoms with E-state index in [-0.39, 0.29) is 0 Å². The Bertz CT molecular complexity index is 537. The summed E-state index contributed by atoms with van der Waals surface area (Å²) in [5, 5.41) is 4.29. The standard InChI is InChI=1S/C12H12Cl2N4/c1-18(2)12-6-11(15-7-16-12)17-10-4-8(13)3-9(14)5-10/h3-7H,1-2H3,(H,15,16,17). The second kappa shape index (κ2) is 5.42. The van der Waals surface area contributed by atoms with Crippen molar-refractivity contribution >= 4 is 40.5 Å². The number of rotatable bonds is 3. The molecule has 0 atom stereocenters. The maximum absolute atomic E-state index is 5.93. The van der Waals surface area contributed by atoms with Gasteiger partial charge in [0.1, 0.15) is 18.0 Å². The zero-order valence-electron chi connectivity index (χ0n) is 9.98. The van der Waals surface area contributed by atoms with E-state index in [2.05, 4.69) is 15.3 Å². The molecule has 0 saturated heterocycles. The van der Waals surface area contributed by atoms with Crippen LogP contribution in [0.2, 0.25) is 10.0 Å². The van der Waals surface area contributed by atoms with Crippen molar-refractivity contribution in [3.8, 4) is 0 Å². The lowest BCUT2D eigenvalue weighted by molar-refractivity contribution is 1.04. The maximum atomic E-state index is 5.93. The predicted octanol–water partition coefficient (Wildman–Crippen LogP) is 3.59. The highest BCUT2D eigenvalue weighted by Crippen LogP contribution is 2.25. The van der Waals surface area contributed by atoms with Gasteiger partial charge in [0.05, 0.1) is 0 Å². The van der Waals surface area contributed by atoms with Crippen LogP contribution < -0.4 is 10.2 Å². The lowest BCUT2D eigenvalue weighted by Crippen LogP contribution is -2.11. The molecule has 0 spiro atoms. The lowest BCUT2D eigenvalue weighted by Gasteiger charge is -2.12. The Hall–Kier alpha value is -1.52. The van der Waals surface area contributed by atoms with Gasteiger partial charge in [0.2, 0.25) is 0 Å². The predicted molar refractivity (Wildman–Crippen MR) is 76.1 cm³/mol. The molecule has 1 N–H and O–H groups in total. The van der Waals surface area contributed by atoms with Crippen molar-refractivity contribution in [2.24, 2.45) is 0 Å². The highest BCUT2D eigenvalue weighted by atomic mass is 35.5. The lowest BCUT2D eigenvalue weighted by atomic mass is 10.3. The normalized spacial score (nSPS) is 10.2. The van der Waals surface area contributed by atoms with Crippen molar-refractivity contribution in [2.45, 2.75) is 0 Å². The Labute approximate surface area is 116 Å². The largest absolute Gasteiger partial charge is 0.363 e. The van der Waals surface area contributed by atoms with E-state index in [1.807, 2.05) is 25.1 Å². The second-order valence-electron chi connectivity index (χ2n) is 3.94. The molecule has 1 aromatic carbocycles. The topological polar surface area (TPSA) is 41.0 Å². The molecule has 0 aliphatic carbocycles. The molecule has 4 nitrogen and oxygen atoms in total. The van der Waals surface area contributed by atoms with Crippen LogP contribution in [0.3, 0.4) is 0 Å². The first kappa shape index (κ1) is 12.9. The molecule has 94 valence electrons. The molecule has 0 fully saturated rings. The Balaban J connectivity index is 2.25. The van der Waals surface area contributed by atoms with Gasteiger partial charge >= 0.3 is 0 Å². The van der Waals surface area contributed by atoms with Crippen LogP contribution in [0, 0.1) is 0 Å². The Morgan fingerprint density at radius 2 is 1.67 bits per heavy atom. The summed E-state index contributed by atoms with van der Waals surface area (Å²) in [6, 6.07) is 7.09. The highest BCUT2D eigenvalue weighted by Gasteiger charge is 2.03. The molecule has 1 aromatic heterocycles. The van der Waals surface area contributed by atoms with Gasteiger partial charge in [-0.3, -0.25) is 0 Å². The number of nitrogens with zero attached hydrogens (tertiary/aromatic N) is 3. The van der Waals surface area contributed by atoms with E-state index >= 15 is 0 Å². The molecule has 0 saturated carbocycles. The molecule has 1 heterocycles. The van der Waals surface area contributed by atoms with Crippen LogP contribution in [0.5, 0.6) is 0 Å². The van der Waals surface area contributed by atoms with Crippen LogP contribution >= 0.6 is 23.2 Å². The molecule has 2 rings (SSSR count). The molecule has 6 heteroatoms. The van der Waals surface area contributed by atoms with E-state index in [0.29, 0.717) is 15.9 Å². The number of aromatic nitrogens is 2. The first-order valence-electron chi connectivity index (χ1n) is 5.27. The van der Waals surface area contributed by atoms with Crippen LogP contribution in [0.4, 0.5) is 17.3 Å². The Morgan fingerprint density at radius 1 is 1.00 bits per heavy atom. The van der Waals surface area contributed by atoms with Gasteiger partial charge in [-0.05, 0) is 18.2 Å². The van der Waals surface area contributed by atoms with Crippen LogP contribution in [-0.4, -0.2) is 24.1 Å². The van der Waals surface area contributed by atoms with Gasteiger partial charge in [-0.2, -0.15) is 0 Å². The van der Waals surface area contributed by atoms with Crippen molar-refractivity contribution in [3.63, 3.8) is 0 Å². The number of hydrogen-bond donors (Lipinski definition) is 1. The molecule has 0 amide bonds. The fourth-order valence-electron chi connectivity index (χ4n) is 1.43. The fraction of sp³-hybridized carbons (Fsp3) is 0.167. The molecule has 0 radical (unpaired) electrons. The third kappa shape index (κ3) is 3.24. The van der Waals surface area contributed by atoms with E-state index in [1.165, 1.54) is 6.33 Å². The van der Waals surface area contributed by atoms with Gasteiger partial charge in [-0.1, -0.05) is 23.2 Å². The minimum absolute atomic E-state index is 0.576. The number of benzene rings is 1. The van der Waals surface area contributed by atoms with Gasteiger partial charge in [0.25, 0.3) is 0 Å². The van der Waals surface area contributed by atoms with Gasteiger partial charge in [0, 0.05) is 35.9 Å². The van der Waals surface area contributed by atoms with Crippen LogP contribution in [-0.2, 0) is 0 Å². The monoisotopic (exact) mass is 282 g/mol. The average molecular weight is 283 g/mol. The van der Waals surface area contributed by atoms with Gasteiger partial charge in [-0.25, -0.2) is 9.97 Å². The zero-order chi connectivity index (χ0) is 13.1. The minimum Gasteiger partial charge on any atom is -0.363 e. The van der Waals surface area contributed by atoms with Crippen molar-refractivity contribution in [1.29, 1.82) is 0 Å². The summed E-state index contributed by atoms with van der Waals surface area (Å²) in [7, 11) is 3.84. The SMILES string of the molecule is CN(C)c1cc(Nc2cc(Cl)cc(Cl)c2)ncn1. The first-order chi connectivity index (χ1) is 8.54. The minimum atomic E-state index is 0.576. The molecule has 0 bridgehead atoms. The molecule has 2 aromatic rings. The summed E-state index contributed by atoms with van der Waals surface area (Å²) in [5.41, 5.74) is 0.788. The van der Waals surface area contributed by atoms with E-state index in [9.17, 15) is 0 Å². The zero-order valence-corrected chi connectivity index (χ0v) is 11.5. The molecule has 18 heavy (non-hydrogen) atoms. The number of halogens is 2. The molecule has 0 unspecified atom stereocenters. The van der Waals surface area contributed by atoms with E-state index in [1.54, 1.807) is 18.2 Å². The van der Waals surface area contributed by atoms with Crippen LogP contribution in [0.25, 0.3) is 0 Å². The molecule has 0 aliphatic rings. The van der Waals surface area contributed by atoms with Crippen LogP contribution in [0.1, 0.15) is 0 Å². The smallest absolute Gasteiger partial charge is 0.135 e. The fourth-order valence-corrected chi connectivity index (χ4v) is 1.96. The molecule has 0 aliphatic heterocycles. The first-order valence-corrected chi connectivity index (χ1v) is 6.02. The van der Waals surface area contributed by atoms with E-state index in [4.69, 9.17) is 23.2 Å². The molecular formula is C12H12Cl2N4. The summed E-state index contributed by atoms with van der Waals surface area (Å²) in [6.45, 7) is 0. The van der Waals surface area contributed by atoms with Crippen LogP contribution in [0.15, 0.2) is 30.6 Å². The van der Waals surface area contributed by atoms with Crippen molar-refractivity contribution < 1.29 is 0 Å². The highest BCUT2D eigenvalue weighted by molar-refractivity contribution is 6.35. The summed E-state index contributed by atoms with van der Waals surface area (Å²) >= 11 is 11.9. The summed E-state index contributed by atoms with van der Waals surface area (Å²) in [6.07, 6.45) is 1.50. The van der Waals surface area contributed by atoms with Crippen molar-refractivity contribution in [3.05, 3.63) is 40.6 Å².